The normalized spacial score (nSPS) is 11.8. The van der Waals surface area contributed by atoms with Crippen molar-refractivity contribution in [1.82, 2.24) is 15.0 Å². The van der Waals surface area contributed by atoms with Gasteiger partial charge >= 0.3 is 0 Å². The molecule has 1 N–H and O–H groups in total. The minimum atomic E-state index is -0.292. The minimum Gasteiger partial charge on any atom is -0.488 e. The molecule has 1 amide bonds. The van der Waals surface area contributed by atoms with Crippen LogP contribution in [0.2, 0.25) is 0 Å². The lowest BCUT2D eigenvalue weighted by atomic mass is 10.1. The van der Waals surface area contributed by atoms with Gasteiger partial charge in [0.15, 0.2) is 5.69 Å². The van der Waals surface area contributed by atoms with E-state index in [-0.39, 0.29) is 24.2 Å². The molecule has 0 radical (unpaired) electrons. The summed E-state index contributed by atoms with van der Waals surface area (Å²) in [5.41, 5.74) is 3.96. The number of aromatic nitrogens is 2. The fourth-order valence-electron chi connectivity index (χ4n) is 3.42. The van der Waals surface area contributed by atoms with Crippen LogP contribution in [-0.2, 0) is 6.61 Å². The Labute approximate surface area is 181 Å². The number of carbonyl (C=O) groups is 1. The summed E-state index contributed by atoms with van der Waals surface area (Å²) < 4.78 is 13.2. The molecule has 0 bridgehead atoms. The predicted molar refractivity (Wildman–Crippen MR) is 118 cm³/mol. The fourth-order valence-corrected chi connectivity index (χ4v) is 3.42. The van der Waals surface area contributed by atoms with Gasteiger partial charge in [0.05, 0.1) is 11.6 Å². The Morgan fingerprint density at radius 1 is 1.10 bits per heavy atom. The highest BCUT2D eigenvalue weighted by atomic mass is 16.5. The molecule has 0 spiro atoms. The first-order valence-electron chi connectivity index (χ1n) is 10.2. The maximum Gasteiger partial charge on any atom is 0.274 e. The van der Waals surface area contributed by atoms with E-state index >= 15 is 0 Å². The maximum absolute atomic E-state index is 13.0. The zero-order valence-electron chi connectivity index (χ0n) is 17.8. The van der Waals surface area contributed by atoms with E-state index in [1.54, 1.807) is 6.92 Å². The number of amides is 1. The number of carbonyl (C=O) groups excluding carboxylic acids is 1. The second-order valence-corrected chi connectivity index (χ2v) is 7.50. The first-order chi connectivity index (χ1) is 15.0. The smallest absolute Gasteiger partial charge is 0.274 e. The van der Waals surface area contributed by atoms with Crippen LogP contribution in [0.4, 0.5) is 0 Å². The van der Waals surface area contributed by atoms with E-state index in [4.69, 9.17) is 9.26 Å². The summed E-state index contributed by atoms with van der Waals surface area (Å²) >= 11 is 0. The third-order valence-electron chi connectivity index (χ3n) is 5.29. The number of hydrogen-bond donors (Lipinski definition) is 1. The monoisotopic (exact) mass is 415 g/mol. The van der Waals surface area contributed by atoms with Gasteiger partial charge in [-0.25, -0.2) is 0 Å². The second-order valence-electron chi connectivity index (χ2n) is 7.50. The van der Waals surface area contributed by atoms with Crippen LogP contribution >= 0.6 is 0 Å². The number of benzene rings is 2. The zero-order valence-corrected chi connectivity index (χ0v) is 17.8. The largest absolute Gasteiger partial charge is 0.488 e. The van der Waals surface area contributed by atoms with Crippen molar-refractivity contribution in [2.45, 2.75) is 33.4 Å². The average Bonchev–Trinajstić information content (AvgIpc) is 3.43. The lowest BCUT2D eigenvalue weighted by Gasteiger charge is -2.15. The van der Waals surface area contributed by atoms with E-state index < -0.39 is 0 Å². The van der Waals surface area contributed by atoms with Crippen molar-refractivity contribution in [3.8, 4) is 11.4 Å². The summed E-state index contributed by atoms with van der Waals surface area (Å²) in [7, 11) is 0. The van der Waals surface area contributed by atoms with Crippen LogP contribution in [0.1, 0.15) is 45.9 Å². The van der Waals surface area contributed by atoms with Gasteiger partial charge in [-0.05, 0) is 62.2 Å². The molecule has 0 aliphatic heterocycles. The molecule has 0 saturated carbocycles. The Morgan fingerprint density at radius 3 is 2.65 bits per heavy atom. The van der Waals surface area contributed by atoms with Gasteiger partial charge in [0.2, 0.25) is 0 Å². The Morgan fingerprint density at radius 2 is 1.87 bits per heavy atom. The number of hydrogen-bond acceptors (Lipinski definition) is 4. The van der Waals surface area contributed by atoms with E-state index in [1.165, 1.54) is 0 Å². The van der Waals surface area contributed by atoms with Crippen LogP contribution in [-0.4, -0.2) is 15.6 Å². The summed E-state index contributed by atoms with van der Waals surface area (Å²) in [6, 6.07) is 19.6. The van der Waals surface area contributed by atoms with Crippen molar-refractivity contribution < 1.29 is 14.1 Å². The fraction of sp³-hybridized carbons (Fsp3) is 0.200. The van der Waals surface area contributed by atoms with Crippen molar-refractivity contribution in [3.05, 3.63) is 101 Å². The SMILES string of the molecule is Cc1ccccc1OCc1c(C(=O)NC(C)c2cccc(-n3cccc3)c2)noc1C. The van der Waals surface area contributed by atoms with Crippen molar-refractivity contribution in [3.63, 3.8) is 0 Å². The third-order valence-corrected chi connectivity index (χ3v) is 5.29. The van der Waals surface area contributed by atoms with Crippen molar-refractivity contribution in [2.75, 3.05) is 0 Å². The third kappa shape index (κ3) is 4.53. The summed E-state index contributed by atoms with van der Waals surface area (Å²) in [5.74, 6) is 1.05. The molecule has 2 heterocycles. The second kappa shape index (κ2) is 8.92. The summed E-state index contributed by atoms with van der Waals surface area (Å²) in [6.45, 7) is 5.92. The first-order valence-corrected chi connectivity index (χ1v) is 10.2. The molecule has 4 rings (SSSR count). The van der Waals surface area contributed by atoms with Crippen LogP contribution in [0.3, 0.4) is 0 Å². The molecule has 2 aromatic carbocycles. The first kappa shape index (κ1) is 20.5. The van der Waals surface area contributed by atoms with Gasteiger partial charge in [0.25, 0.3) is 5.91 Å². The van der Waals surface area contributed by atoms with Gasteiger partial charge < -0.3 is 19.1 Å². The van der Waals surface area contributed by atoms with E-state index in [0.717, 1.165) is 22.6 Å². The van der Waals surface area contributed by atoms with Crippen LogP contribution in [0.5, 0.6) is 5.75 Å². The molecular formula is C25H25N3O3. The predicted octanol–water partition coefficient (Wildman–Crippen LogP) is 5.15. The number of aryl methyl sites for hydroxylation is 2. The molecule has 0 saturated heterocycles. The lowest BCUT2D eigenvalue weighted by molar-refractivity contribution is 0.0928. The molecular weight excluding hydrogens is 390 g/mol. The Balaban J connectivity index is 1.48. The topological polar surface area (TPSA) is 69.3 Å². The van der Waals surface area contributed by atoms with Gasteiger partial charge in [-0.15, -0.1) is 0 Å². The molecule has 0 aliphatic carbocycles. The highest BCUT2D eigenvalue weighted by Gasteiger charge is 2.22. The molecule has 0 aliphatic rings. The number of rotatable bonds is 7. The molecule has 1 unspecified atom stereocenters. The molecule has 6 nitrogen and oxygen atoms in total. The number of ether oxygens (including phenoxy) is 1. The van der Waals surface area contributed by atoms with Gasteiger partial charge in [0.1, 0.15) is 18.1 Å². The van der Waals surface area contributed by atoms with E-state index in [2.05, 4.69) is 16.5 Å². The van der Waals surface area contributed by atoms with E-state index in [0.29, 0.717) is 11.3 Å². The summed E-state index contributed by atoms with van der Waals surface area (Å²) in [6.07, 6.45) is 3.97. The summed E-state index contributed by atoms with van der Waals surface area (Å²) in [5, 5.41) is 7.01. The standard InChI is InChI=1S/C25H25N3O3/c1-17-9-4-5-12-23(17)30-16-22-19(3)31-27-24(22)25(29)26-18(2)20-10-8-11-21(15-20)28-13-6-7-14-28/h4-15,18H,16H2,1-3H3,(H,26,29). The maximum atomic E-state index is 13.0. The van der Waals surface area contributed by atoms with Gasteiger partial charge in [-0.2, -0.15) is 0 Å². The quantitative estimate of drug-likeness (QED) is 0.453. The molecule has 1 atom stereocenters. The minimum absolute atomic E-state index is 0.204. The van der Waals surface area contributed by atoms with E-state index in [1.807, 2.05) is 85.4 Å². The van der Waals surface area contributed by atoms with Crippen molar-refractivity contribution in [2.24, 2.45) is 0 Å². The summed E-state index contributed by atoms with van der Waals surface area (Å²) in [4.78, 5) is 13.0. The Hall–Kier alpha value is -3.80. The number of para-hydroxylation sites is 1. The van der Waals surface area contributed by atoms with Crippen LogP contribution in [0.15, 0.2) is 77.6 Å². The highest BCUT2D eigenvalue weighted by molar-refractivity contribution is 5.94. The Kier molecular flexibility index (Phi) is 5.89. The number of nitrogens with one attached hydrogen (secondary N) is 1. The molecule has 4 aromatic rings. The average molecular weight is 415 g/mol. The highest BCUT2D eigenvalue weighted by Crippen LogP contribution is 2.22. The molecule has 6 heteroatoms. The molecule has 31 heavy (non-hydrogen) atoms. The van der Waals surface area contributed by atoms with Gasteiger partial charge in [-0.1, -0.05) is 35.5 Å². The van der Waals surface area contributed by atoms with Crippen LogP contribution in [0.25, 0.3) is 5.69 Å². The molecule has 158 valence electrons. The Bertz CT molecular complexity index is 1180. The lowest BCUT2D eigenvalue weighted by Crippen LogP contribution is -2.28. The van der Waals surface area contributed by atoms with Crippen LogP contribution < -0.4 is 10.1 Å². The van der Waals surface area contributed by atoms with Gasteiger partial charge in [-0.3, -0.25) is 4.79 Å². The molecule has 0 fully saturated rings. The van der Waals surface area contributed by atoms with Crippen LogP contribution in [0, 0.1) is 13.8 Å². The number of nitrogens with zero attached hydrogens (tertiary/aromatic N) is 2. The van der Waals surface area contributed by atoms with Gasteiger partial charge in [0, 0.05) is 18.1 Å². The van der Waals surface area contributed by atoms with Crippen molar-refractivity contribution >= 4 is 5.91 Å². The van der Waals surface area contributed by atoms with Crippen molar-refractivity contribution in [1.29, 1.82) is 0 Å². The van der Waals surface area contributed by atoms with E-state index in [9.17, 15) is 4.79 Å². The zero-order chi connectivity index (χ0) is 21.8. The molecule has 2 aromatic heterocycles.